The Bertz CT molecular complexity index is 997. The number of carbonyl (C=O) groups excluding carboxylic acids is 2. The quantitative estimate of drug-likeness (QED) is 0.777. The molecule has 1 atom stereocenters. The van der Waals surface area contributed by atoms with Crippen molar-refractivity contribution < 1.29 is 14.7 Å². The summed E-state index contributed by atoms with van der Waals surface area (Å²) in [5, 5.41) is 9.67. The molecule has 0 radical (unpaired) electrons. The Morgan fingerprint density at radius 2 is 1.80 bits per heavy atom. The van der Waals surface area contributed by atoms with Crippen LogP contribution in [0.4, 0.5) is 0 Å². The van der Waals surface area contributed by atoms with E-state index in [4.69, 9.17) is 0 Å². The Kier molecular flexibility index (Phi) is 5.73. The van der Waals surface area contributed by atoms with Gasteiger partial charge in [0.05, 0.1) is 12.1 Å². The van der Waals surface area contributed by atoms with Gasteiger partial charge < -0.3 is 10.0 Å². The lowest BCUT2D eigenvalue weighted by Gasteiger charge is -2.34. The van der Waals surface area contributed by atoms with E-state index in [0.29, 0.717) is 17.8 Å². The van der Waals surface area contributed by atoms with Crippen molar-refractivity contribution in [3.63, 3.8) is 0 Å². The molecule has 0 bridgehead atoms. The molecule has 5 nitrogen and oxygen atoms in total. The number of carbonyl (C=O) groups is 2. The lowest BCUT2D eigenvalue weighted by Crippen LogP contribution is -2.40. The minimum atomic E-state index is -0.239. The molecule has 0 spiro atoms. The molecule has 0 saturated carbocycles. The van der Waals surface area contributed by atoms with Crippen LogP contribution < -0.4 is 0 Å². The maximum absolute atomic E-state index is 13.5. The van der Waals surface area contributed by atoms with Crippen LogP contribution in [-0.4, -0.2) is 46.4 Å². The zero-order valence-corrected chi connectivity index (χ0v) is 17.6. The number of imide groups is 1. The molecule has 2 aromatic carbocycles. The normalized spacial score (nSPS) is 19.8. The van der Waals surface area contributed by atoms with Gasteiger partial charge in [-0.2, -0.15) is 0 Å². The van der Waals surface area contributed by atoms with Crippen LogP contribution in [-0.2, 0) is 16.1 Å². The van der Waals surface area contributed by atoms with E-state index in [9.17, 15) is 14.7 Å². The lowest BCUT2D eigenvalue weighted by molar-refractivity contribution is -0.138. The molecule has 4 rings (SSSR count). The molecule has 1 N–H and O–H groups in total. The van der Waals surface area contributed by atoms with Crippen molar-refractivity contribution in [1.82, 2.24) is 9.80 Å². The maximum atomic E-state index is 13.5. The van der Waals surface area contributed by atoms with Crippen LogP contribution >= 0.6 is 0 Å². The summed E-state index contributed by atoms with van der Waals surface area (Å²) in [5.41, 5.74) is 4.83. The van der Waals surface area contributed by atoms with Crippen LogP contribution in [0.25, 0.3) is 5.57 Å². The Hall–Kier alpha value is -2.92. The molecule has 1 unspecified atom stereocenters. The Labute approximate surface area is 177 Å². The topological polar surface area (TPSA) is 60.9 Å². The highest BCUT2D eigenvalue weighted by Gasteiger charge is 2.42. The number of amides is 2. The molecule has 1 saturated heterocycles. The number of aliphatic hydroxyl groups is 1. The van der Waals surface area contributed by atoms with E-state index >= 15 is 0 Å². The summed E-state index contributed by atoms with van der Waals surface area (Å²) in [5.74, 6) is -0.355. The second-order valence-corrected chi connectivity index (χ2v) is 8.36. The van der Waals surface area contributed by atoms with Crippen molar-refractivity contribution in [2.24, 2.45) is 5.92 Å². The number of rotatable bonds is 5. The van der Waals surface area contributed by atoms with Crippen molar-refractivity contribution in [3.05, 3.63) is 76.5 Å². The van der Waals surface area contributed by atoms with Crippen LogP contribution in [0, 0.1) is 19.8 Å². The molecule has 2 aliphatic heterocycles. The van der Waals surface area contributed by atoms with Crippen molar-refractivity contribution in [1.29, 1.82) is 0 Å². The van der Waals surface area contributed by atoms with E-state index in [1.54, 1.807) is 0 Å². The largest absolute Gasteiger partial charge is 0.396 e. The second-order valence-electron chi connectivity index (χ2n) is 8.36. The summed E-state index contributed by atoms with van der Waals surface area (Å²) in [6.45, 7) is 5.67. The number of aryl methyl sites for hydroxylation is 2. The van der Waals surface area contributed by atoms with Gasteiger partial charge in [-0.15, -0.1) is 0 Å². The summed E-state index contributed by atoms with van der Waals surface area (Å²) in [6, 6.07) is 15.6. The van der Waals surface area contributed by atoms with Gasteiger partial charge in [0.25, 0.3) is 11.8 Å². The molecule has 2 heterocycles. The molecule has 1 fully saturated rings. The van der Waals surface area contributed by atoms with E-state index in [0.717, 1.165) is 41.6 Å². The van der Waals surface area contributed by atoms with Crippen LogP contribution in [0.1, 0.15) is 35.1 Å². The second kappa shape index (κ2) is 8.44. The average Bonchev–Trinajstić information content (AvgIpc) is 2.99. The molecule has 5 heteroatoms. The fraction of sp³-hybridized carbons (Fsp3) is 0.360. The number of benzene rings is 2. The van der Waals surface area contributed by atoms with E-state index in [2.05, 4.69) is 0 Å². The highest BCUT2D eigenvalue weighted by molar-refractivity contribution is 6.35. The first kappa shape index (κ1) is 20.4. The van der Waals surface area contributed by atoms with Gasteiger partial charge in [-0.05, 0) is 49.3 Å². The first-order chi connectivity index (χ1) is 14.5. The monoisotopic (exact) mass is 404 g/mol. The average molecular weight is 405 g/mol. The van der Waals surface area contributed by atoms with Crippen molar-refractivity contribution in [2.45, 2.75) is 33.2 Å². The fourth-order valence-corrected chi connectivity index (χ4v) is 4.52. The number of hydrogen-bond acceptors (Lipinski definition) is 4. The van der Waals surface area contributed by atoms with Crippen molar-refractivity contribution in [3.8, 4) is 0 Å². The van der Waals surface area contributed by atoms with Crippen molar-refractivity contribution >= 4 is 17.4 Å². The van der Waals surface area contributed by atoms with Gasteiger partial charge in [0.15, 0.2) is 0 Å². The van der Waals surface area contributed by atoms with E-state index in [1.807, 2.05) is 67.3 Å². The summed E-state index contributed by atoms with van der Waals surface area (Å²) in [7, 11) is 0. The Morgan fingerprint density at radius 3 is 2.50 bits per heavy atom. The first-order valence-electron chi connectivity index (χ1n) is 10.6. The third kappa shape index (κ3) is 3.77. The maximum Gasteiger partial charge on any atom is 0.278 e. The molecular weight excluding hydrogens is 376 g/mol. The minimum Gasteiger partial charge on any atom is -0.396 e. The van der Waals surface area contributed by atoms with Crippen LogP contribution in [0.5, 0.6) is 0 Å². The summed E-state index contributed by atoms with van der Waals surface area (Å²) >= 11 is 0. The highest BCUT2D eigenvalue weighted by Crippen LogP contribution is 2.36. The molecule has 0 aromatic heterocycles. The molecule has 0 aliphatic carbocycles. The van der Waals surface area contributed by atoms with E-state index in [1.165, 1.54) is 4.90 Å². The number of hydrogen-bond donors (Lipinski definition) is 1. The van der Waals surface area contributed by atoms with E-state index in [-0.39, 0.29) is 30.9 Å². The van der Waals surface area contributed by atoms with E-state index < -0.39 is 0 Å². The zero-order chi connectivity index (χ0) is 21.3. The van der Waals surface area contributed by atoms with Crippen LogP contribution in [0.15, 0.2) is 54.2 Å². The van der Waals surface area contributed by atoms with Crippen molar-refractivity contribution in [2.75, 3.05) is 19.7 Å². The van der Waals surface area contributed by atoms with Gasteiger partial charge in [0.2, 0.25) is 0 Å². The summed E-state index contributed by atoms with van der Waals surface area (Å²) in [6.07, 6.45) is 1.84. The van der Waals surface area contributed by atoms with Gasteiger partial charge in [-0.1, -0.05) is 54.1 Å². The standard InChI is InChI=1S/C25H28N2O3/c1-17-10-11-21(18(2)13-17)22-23(26-12-6-9-20(14-26)16-28)25(30)27(24(22)29)15-19-7-4-3-5-8-19/h3-5,7-8,10-11,13,20,28H,6,9,12,14-16H2,1-2H3. The Morgan fingerprint density at radius 1 is 1.03 bits per heavy atom. The number of nitrogens with zero attached hydrogens (tertiary/aromatic N) is 2. The number of aliphatic hydroxyl groups excluding tert-OH is 1. The number of likely N-dealkylation sites (tertiary alicyclic amines) is 1. The fourth-order valence-electron chi connectivity index (χ4n) is 4.52. The van der Waals surface area contributed by atoms with Crippen LogP contribution in [0.2, 0.25) is 0 Å². The van der Waals surface area contributed by atoms with Gasteiger partial charge >= 0.3 is 0 Å². The minimum absolute atomic E-state index is 0.0958. The molecule has 156 valence electrons. The third-order valence-corrected chi connectivity index (χ3v) is 6.07. The highest BCUT2D eigenvalue weighted by atomic mass is 16.3. The predicted octanol–water partition coefficient (Wildman–Crippen LogP) is 3.29. The zero-order valence-electron chi connectivity index (χ0n) is 17.6. The molecular formula is C25H28N2O3. The van der Waals surface area contributed by atoms with Gasteiger partial charge in [-0.25, -0.2) is 0 Å². The predicted molar refractivity (Wildman–Crippen MR) is 116 cm³/mol. The molecule has 2 amide bonds. The first-order valence-corrected chi connectivity index (χ1v) is 10.6. The van der Waals surface area contributed by atoms with Gasteiger partial charge in [0, 0.05) is 19.7 Å². The third-order valence-electron chi connectivity index (χ3n) is 6.07. The molecule has 2 aliphatic rings. The molecule has 30 heavy (non-hydrogen) atoms. The summed E-state index contributed by atoms with van der Waals surface area (Å²) in [4.78, 5) is 30.4. The Balaban J connectivity index is 1.77. The lowest BCUT2D eigenvalue weighted by atomic mass is 9.95. The summed E-state index contributed by atoms with van der Waals surface area (Å²) < 4.78 is 0. The van der Waals surface area contributed by atoms with Gasteiger partial charge in [-0.3, -0.25) is 14.5 Å². The molecule has 2 aromatic rings. The smallest absolute Gasteiger partial charge is 0.278 e. The van der Waals surface area contributed by atoms with Crippen LogP contribution in [0.3, 0.4) is 0 Å². The number of piperidine rings is 1. The SMILES string of the molecule is Cc1ccc(C2=C(N3CCCC(CO)C3)C(=O)N(Cc3ccccc3)C2=O)c(C)c1. The van der Waals surface area contributed by atoms with Gasteiger partial charge in [0.1, 0.15) is 5.70 Å².